The summed E-state index contributed by atoms with van der Waals surface area (Å²) < 4.78 is 5.59. The Morgan fingerprint density at radius 3 is 2.44 bits per heavy atom. The topological polar surface area (TPSA) is 21.3 Å². The Bertz CT molecular complexity index is 101. The van der Waals surface area contributed by atoms with Gasteiger partial charge in [-0.15, -0.1) is 0 Å². The van der Waals surface area contributed by atoms with Gasteiger partial charge in [0, 0.05) is 0 Å². The molecule has 1 atom stereocenters. The first-order valence-electron chi connectivity index (χ1n) is 3.49. The summed E-state index contributed by atoms with van der Waals surface area (Å²) in [5.74, 6) is 0. The predicted molar refractivity (Wildman–Crippen MR) is 37.2 cm³/mol. The number of rotatable bonds is 1. The van der Waals surface area contributed by atoms with Crippen molar-refractivity contribution in [2.75, 3.05) is 7.05 Å². The van der Waals surface area contributed by atoms with Crippen LogP contribution in [0.2, 0.25) is 0 Å². The Labute approximate surface area is 56.6 Å². The van der Waals surface area contributed by atoms with Gasteiger partial charge < -0.3 is 4.74 Å². The van der Waals surface area contributed by atoms with E-state index in [0.29, 0.717) is 6.23 Å². The maximum absolute atomic E-state index is 5.59. The summed E-state index contributed by atoms with van der Waals surface area (Å²) in [6.45, 7) is 4.26. The smallest absolute Gasteiger partial charge is 0.108 e. The Balaban J connectivity index is 2.38. The van der Waals surface area contributed by atoms with E-state index in [-0.39, 0.29) is 5.60 Å². The molecule has 1 aliphatic heterocycles. The molecule has 1 heterocycles. The molecule has 1 fully saturated rings. The van der Waals surface area contributed by atoms with Gasteiger partial charge in [-0.3, -0.25) is 5.32 Å². The molecule has 1 aliphatic rings. The Morgan fingerprint density at radius 2 is 2.22 bits per heavy atom. The fourth-order valence-corrected chi connectivity index (χ4v) is 1.18. The van der Waals surface area contributed by atoms with Crippen molar-refractivity contribution in [3.05, 3.63) is 0 Å². The van der Waals surface area contributed by atoms with Gasteiger partial charge in [-0.2, -0.15) is 0 Å². The van der Waals surface area contributed by atoms with Crippen LogP contribution in [0.4, 0.5) is 0 Å². The molecular weight excluding hydrogens is 114 g/mol. The van der Waals surface area contributed by atoms with Crippen molar-refractivity contribution in [3.8, 4) is 0 Å². The largest absolute Gasteiger partial charge is 0.358 e. The first-order chi connectivity index (χ1) is 4.14. The summed E-state index contributed by atoms with van der Waals surface area (Å²) in [7, 11) is 1.94. The molecule has 0 saturated carbocycles. The van der Waals surface area contributed by atoms with E-state index in [1.165, 1.54) is 6.42 Å². The molecule has 1 unspecified atom stereocenters. The summed E-state index contributed by atoms with van der Waals surface area (Å²) in [5.41, 5.74) is 0.105. The van der Waals surface area contributed by atoms with Crippen LogP contribution in [-0.2, 0) is 4.74 Å². The van der Waals surface area contributed by atoms with E-state index in [2.05, 4.69) is 19.2 Å². The monoisotopic (exact) mass is 129 g/mol. The van der Waals surface area contributed by atoms with E-state index in [1.807, 2.05) is 7.05 Å². The molecule has 1 N–H and O–H groups in total. The molecule has 0 aromatic heterocycles. The van der Waals surface area contributed by atoms with Crippen LogP contribution in [0, 0.1) is 0 Å². The molecule has 0 bridgehead atoms. The average Bonchev–Trinajstić information content (AvgIpc) is 2.10. The van der Waals surface area contributed by atoms with E-state index < -0.39 is 0 Å². The van der Waals surface area contributed by atoms with E-state index in [4.69, 9.17) is 4.74 Å². The zero-order chi connectivity index (χ0) is 6.91. The lowest BCUT2D eigenvalue weighted by molar-refractivity contribution is -0.0262. The van der Waals surface area contributed by atoms with Crippen LogP contribution in [0.15, 0.2) is 0 Å². The number of hydrogen-bond donors (Lipinski definition) is 1. The van der Waals surface area contributed by atoms with Gasteiger partial charge in [0.15, 0.2) is 0 Å². The summed E-state index contributed by atoms with van der Waals surface area (Å²) in [4.78, 5) is 0. The highest BCUT2D eigenvalue weighted by molar-refractivity contribution is 4.78. The second-order valence-corrected chi connectivity index (χ2v) is 3.19. The Morgan fingerprint density at radius 1 is 1.56 bits per heavy atom. The maximum Gasteiger partial charge on any atom is 0.108 e. The molecule has 0 amide bonds. The summed E-state index contributed by atoms with van der Waals surface area (Å²) in [6, 6.07) is 0. The zero-order valence-electron chi connectivity index (χ0n) is 6.40. The van der Waals surface area contributed by atoms with Crippen molar-refractivity contribution in [1.29, 1.82) is 0 Å². The van der Waals surface area contributed by atoms with Crippen LogP contribution in [0.5, 0.6) is 0 Å². The maximum atomic E-state index is 5.59. The van der Waals surface area contributed by atoms with Crippen molar-refractivity contribution in [2.24, 2.45) is 0 Å². The highest BCUT2D eigenvalue weighted by Crippen LogP contribution is 2.27. The van der Waals surface area contributed by atoms with Crippen molar-refractivity contribution in [3.63, 3.8) is 0 Å². The van der Waals surface area contributed by atoms with Crippen LogP contribution in [0.25, 0.3) is 0 Å². The van der Waals surface area contributed by atoms with Crippen LogP contribution in [0.1, 0.15) is 26.7 Å². The number of hydrogen-bond acceptors (Lipinski definition) is 2. The van der Waals surface area contributed by atoms with Crippen molar-refractivity contribution < 1.29 is 4.74 Å². The molecule has 1 saturated heterocycles. The molecule has 54 valence electrons. The van der Waals surface area contributed by atoms with Gasteiger partial charge in [0.1, 0.15) is 6.23 Å². The number of ether oxygens (including phenoxy) is 1. The minimum atomic E-state index is 0.105. The summed E-state index contributed by atoms with van der Waals surface area (Å²) >= 11 is 0. The molecule has 0 aromatic carbocycles. The minimum Gasteiger partial charge on any atom is -0.358 e. The molecule has 1 rings (SSSR count). The van der Waals surface area contributed by atoms with Crippen molar-refractivity contribution in [2.45, 2.75) is 38.5 Å². The van der Waals surface area contributed by atoms with E-state index in [1.54, 1.807) is 0 Å². The standard InChI is InChI=1S/C7H15NO/c1-7(2)5-4-6(8-3)9-7/h6,8H,4-5H2,1-3H3. The fraction of sp³-hybridized carbons (Fsp3) is 1.00. The molecule has 2 nitrogen and oxygen atoms in total. The van der Waals surface area contributed by atoms with Crippen LogP contribution < -0.4 is 5.32 Å². The molecule has 9 heavy (non-hydrogen) atoms. The molecule has 0 aromatic rings. The zero-order valence-corrected chi connectivity index (χ0v) is 6.40. The molecule has 2 heteroatoms. The van der Waals surface area contributed by atoms with Crippen molar-refractivity contribution in [1.82, 2.24) is 5.32 Å². The van der Waals surface area contributed by atoms with Crippen LogP contribution >= 0.6 is 0 Å². The molecular formula is C7H15NO. The first kappa shape index (κ1) is 7.03. The highest BCUT2D eigenvalue weighted by atomic mass is 16.5. The van der Waals surface area contributed by atoms with Gasteiger partial charge in [0.2, 0.25) is 0 Å². The van der Waals surface area contributed by atoms with Crippen molar-refractivity contribution >= 4 is 0 Å². The average molecular weight is 129 g/mol. The summed E-state index contributed by atoms with van der Waals surface area (Å²) in [6.07, 6.45) is 2.60. The molecule has 0 spiro atoms. The third kappa shape index (κ3) is 1.66. The minimum absolute atomic E-state index is 0.105. The third-order valence-corrected chi connectivity index (χ3v) is 1.79. The van der Waals surface area contributed by atoms with Gasteiger partial charge in [0.25, 0.3) is 0 Å². The Hall–Kier alpha value is -0.0800. The second-order valence-electron chi connectivity index (χ2n) is 3.19. The van der Waals surface area contributed by atoms with E-state index in [9.17, 15) is 0 Å². The lowest BCUT2D eigenvalue weighted by atomic mass is 10.1. The number of nitrogens with one attached hydrogen (secondary N) is 1. The molecule has 0 aliphatic carbocycles. The van der Waals surface area contributed by atoms with Gasteiger partial charge in [-0.05, 0) is 33.7 Å². The van der Waals surface area contributed by atoms with Gasteiger partial charge in [-0.1, -0.05) is 0 Å². The summed E-state index contributed by atoms with van der Waals surface area (Å²) in [5, 5.41) is 3.10. The van der Waals surface area contributed by atoms with Gasteiger partial charge >= 0.3 is 0 Å². The first-order valence-corrected chi connectivity index (χ1v) is 3.49. The lowest BCUT2D eigenvalue weighted by Crippen LogP contribution is -2.28. The normalized spacial score (nSPS) is 33.0. The SMILES string of the molecule is CNC1CCC(C)(C)O1. The van der Waals surface area contributed by atoms with E-state index >= 15 is 0 Å². The Kier molecular flexibility index (Phi) is 1.78. The quantitative estimate of drug-likeness (QED) is 0.573. The van der Waals surface area contributed by atoms with Gasteiger partial charge in [-0.25, -0.2) is 0 Å². The molecule has 0 radical (unpaired) electrons. The lowest BCUT2D eigenvalue weighted by Gasteiger charge is -2.18. The highest BCUT2D eigenvalue weighted by Gasteiger charge is 2.30. The fourth-order valence-electron chi connectivity index (χ4n) is 1.18. The van der Waals surface area contributed by atoms with E-state index in [0.717, 1.165) is 6.42 Å². The second kappa shape index (κ2) is 2.27. The van der Waals surface area contributed by atoms with Gasteiger partial charge in [0.05, 0.1) is 5.60 Å². The van der Waals surface area contributed by atoms with Crippen LogP contribution in [0.3, 0.4) is 0 Å². The third-order valence-electron chi connectivity index (χ3n) is 1.79. The van der Waals surface area contributed by atoms with Crippen LogP contribution in [-0.4, -0.2) is 18.9 Å². The predicted octanol–water partition coefficient (Wildman–Crippen LogP) is 1.12.